The summed E-state index contributed by atoms with van der Waals surface area (Å²) in [5, 5.41) is 2.88. The Morgan fingerprint density at radius 1 is 1.33 bits per heavy atom. The molecule has 3 rings (SSSR count). The third kappa shape index (κ3) is 3.35. The zero-order chi connectivity index (χ0) is 17.1. The summed E-state index contributed by atoms with van der Waals surface area (Å²) in [5.74, 6) is -0.842. The van der Waals surface area contributed by atoms with Crippen molar-refractivity contribution in [1.82, 2.24) is 9.88 Å². The molecule has 1 atom stereocenters. The number of halogens is 2. The van der Waals surface area contributed by atoms with E-state index in [0.29, 0.717) is 17.9 Å². The van der Waals surface area contributed by atoms with Crippen LogP contribution in [0.4, 0.5) is 14.6 Å². The number of nitrogens with zero attached hydrogens (tertiary/aromatic N) is 2. The highest BCUT2D eigenvalue weighted by Gasteiger charge is 2.28. The van der Waals surface area contributed by atoms with Crippen molar-refractivity contribution in [2.75, 3.05) is 32.1 Å². The molecule has 2 heterocycles. The van der Waals surface area contributed by atoms with E-state index in [-0.39, 0.29) is 24.6 Å². The molecule has 7 heteroatoms. The summed E-state index contributed by atoms with van der Waals surface area (Å²) in [4.78, 5) is 18.3. The molecular formula is C17H17F2N3O2. The molecule has 1 amide bonds. The van der Waals surface area contributed by atoms with Crippen LogP contribution in [-0.4, -0.2) is 42.5 Å². The van der Waals surface area contributed by atoms with Gasteiger partial charge in [0.05, 0.1) is 18.7 Å². The van der Waals surface area contributed by atoms with Gasteiger partial charge in [0.1, 0.15) is 23.6 Å². The first-order valence-electron chi connectivity index (χ1n) is 7.58. The standard InChI is InChI=1S/C17H17F2N3O2/c1-20-16-5-2-11(9-21-16)17(23)22-6-7-24-15(10-22)13-4-3-12(18)8-14(13)19/h2-5,8-9,15H,6-7,10H2,1H3,(H,20,21). The zero-order valence-corrected chi connectivity index (χ0v) is 13.1. The molecule has 0 radical (unpaired) electrons. The van der Waals surface area contributed by atoms with Gasteiger partial charge in [-0.1, -0.05) is 6.07 Å². The molecule has 5 nitrogen and oxygen atoms in total. The lowest BCUT2D eigenvalue weighted by Crippen LogP contribution is -2.42. The van der Waals surface area contributed by atoms with Crippen molar-refractivity contribution in [3.8, 4) is 0 Å². The van der Waals surface area contributed by atoms with Gasteiger partial charge in [-0.3, -0.25) is 4.79 Å². The van der Waals surface area contributed by atoms with Crippen LogP contribution in [-0.2, 0) is 4.74 Å². The number of anilines is 1. The zero-order valence-electron chi connectivity index (χ0n) is 13.1. The molecule has 1 aliphatic heterocycles. The predicted molar refractivity (Wildman–Crippen MR) is 84.7 cm³/mol. The van der Waals surface area contributed by atoms with Crippen LogP contribution in [0, 0.1) is 11.6 Å². The number of rotatable bonds is 3. The molecule has 1 unspecified atom stereocenters. The Balaban J connectivity index is 1.75. The molecule has 2 aromatic rings. The number of amides is 1. The van der Waals surface area contributed by atoms with Crippen LogP contribution in [0.25, 0.3) is 0 Å². The van der Waals surface area contributed by atoms with Crippen molar-refractivity contribution in [1.29, 1.82) is 0 Å². The van der Waals surface area contributed by atoms with Gasteiger partial charge in [0.15, 0.2) is 0 Å². The summed E-state index contributed by atoms with van der Waals surface area (Å²) in [7, 11) is 1.74. The second-order valence-corrected chi connectivity index (χ2v) is 5.46. The molecule has 0 saturated carbocycles. The average Bonchev–Trinajstić information content (AvgIpc) is 2.61. The van der Waals surface area contributed by atoms with Gasteiger partial charge in [-0.2, -0.15) is 0 Å². The van der Waals surface area contributed by atoms with Crippen LogP contribution in [0.1, 0.15) is 22.0 Å². The fourth-order valence-electron chi connectivity index (χ4n) is 2.64. The molecule has 1 aromatic carbocycles. The van der Waals surface area contributed by atoms with Gasteiger partial charge in [-0.15, -0.1) is 0 Å². The first-order valence-corrected chi connectivity index (χ1v) is 7.58. The third-order valence-electron chi connectivity index (χ3n) is 3.93. The van der Waals surface area contributed by atoms with Crippen molar-refractivity contribution >= 4 is 11.7 Å². The quantitative estimate of drug-likeness (QED) is 0.938. The van der Waals surface area contributed by atoms with Crippen LogP contribution in [0.3, 0.4) is 0 Å². The summed E-state index contributed by atoms with van der Waals surface area (Å²) in [6.07, 6.45) is 0.879. The van der Waals surface area contributed by atoms with E-state index in [1.807, 2.05) is 0 Å². The minimum Gasteiger partial charge on any atom is -0.373 e. The highest BCUT2D eigenvalue weighted by Crippen LogP contribution is 2.26. The fourth-order valence-corrected chi connectivity index (χ4v) is 2.64. The molecular weight excluding hydrogens is 316 g/mol. The lowest BCUT2D eigenvalue weighted by Gasteiger charge is -2.33. The molecule has 24 heavy (non-hydrogen) atoms. The Hall–Kier alpha value is -2.54. The van der Waals surface area contributed by atoms with Gasteiger partial charge >= 0.3 is 0 Å². The monoisotopic (exact) mass is 333 g/mol. The molecule has 1 aromatic heterocycles. The molecule has 0 aliphatic carbocycles. The number of ether oxygens (including phenoxy) is 1. The molecule has 1 fully saturated rings. The van der Waals surface area contributed by atoms with E-state index >= 15 is 0 Å². The highest BCUT2D eigenvalue weighted by molar-refractivity contribution is 5.94. The SMILES string of the molecule is CNc1ccc(C(=O)N2CCOC(c3ccc(F)cc3F)C2)cn1. The van der Waals surface area contributed by atoms with E-state index in [2.05, 4.69) is 10.3 Å². The van der Waals surface area contributed by atoms with Crippen LogP contribution in [0.5, 0.6) is 0 Å². The Morgan fingerprint density at radius 3 is 2.83 bits per heavy atom. The average molecular weight is 333 g/mol. The van der Waals surface area contributed by atoms with Gasteiger partial charge < -0.3 is 15.0 Å². The van der Waals surface area contributed by atoms with E-state index in [1.54, 1.807) is 24.1 Å². The number of hydrogen-bond donors (Lipinski definition) is 1. The number of carbonyl (C=O) groups excluding carboxylic acids is 1. The topological polar surface area (TPSA) is 54.5 Å². The Morgan fingerprint density at radius 2 is 2.17 bits per heavy atom. The third-order valence-corrected chi connectivity index (χ3v) is 3.93. The fraction of sp³-hybridized carbons (Fsp3) is 0.294. The Labute approximate surface area is 138 Å². The maximum atomic E-state index is 13.9. The van der Waals surface area contributed by atoms with E-state index in [0.717, 1.165) is 6.07 Å². The van der Waals surface area contributed by atoms with Crippen LogP contribution in [0.15, 0.2) is 36.5 Å². The van der Waals surface area contributed by atoms with Gasteiger partial charge in [-0.05, 0) is 18.2 Å². The first-order chi connectivity index (χ1) is 11.6. The summed E-state index contributed by atoms with van der Waals surface area (Å²) in [5.41, 5.74) is 0.701. The van der Waals surface area contributed by atoms with E-state index in [1.165, 1.54) is 18.3 Å². The van der Waals surface area contributed by atoms with Crippen molar-refractivity contribution in [2.24, 2.45) is 0 Å². The second kappa shape index (κ2) is 6.92. The van der Waals surface area contributed by atoms with Gasteiger partial charge in [0, 0.05) is 31.4 Å². The lowest BCUT2D eigenvalue weighted by molar-refractivity contribution is -0.0243. The molecule has 126 valence electrons. The molecule has 1 N–H and O–H groups in total. The Bertz CT molecular complexity index is 737. The highest BCUT2D eigenvalue weighted by atomic mass is 19.1. The maximum absolute atomic E-state index is 13.9. The summed E-state index contributed by atoms with van der Waals surface area (Å²) in [6, 6.07) is 6.75. The lowest BCUT2D eigenvalue weighted by atomic mass is 10.1. The largest absolute Gasteiger partial charge is 0.373 e. The summed E-state index contributed by atoms with van der Waals surface area (Å²) < 4.78 is 32.5. The number of hydrogen-bond acceptors (Lipinski definition) is 4. The molecule has 0 bridgehead atoms. The molecule has 1 saturated heterocycles. The van der Waals surface area contributed by atoms with Gasteiger partial charge in [0.25, 0.3) is 5.91 Å². The maximum Gasteiger partial charge on any atom is 0.255 e. The van der Waals surface area contributed by atoms with Gasteiger partial charge in [-0.25, -0.2) is 13.8 Å². The van der Waals surface area contributed by atoms with Crippen molar-refractivity contribution < 1.29 is 18.3 Å². The van der Waals surface area contributed by atoms with Crippen molar-refractivity contribution in [3.63, 3.8) is 0 Å². The normalized spacial score (nSPS) is 17.6. The number of aromatic nitrogens is 1. The second-order valence-electron chi connectivity index (χ2n) is 5.46. The summed E-state index contributed by atoms with van der Waals surface area (Å²) >= 11 is 0. The van der Waals surface area contributed by atoms with Crippen molar-refractivity contribution in [3.05, 3.63) is 59.3 Å². The Kier molecular flexibility index (Phi) is 4.71. The minimum atomic E-state index is -0.672. The first kappa shape index (κ1) is 16.3. The number of carbonyl (C=O) groups is 1. The predicted octanol–water partition coefficient (Wildman–Crippen LogP) is 2.62. The van der Waals surface area contributed by atoms with Crippen LogP contribution >= 0.6 is 0 Å². The smallest absolute Gasteiger partial charge is 0.255 e. The van der Waals surface area contributed by atoms with E-state index in [9.17, 15) is 13.6 Å². The molecule has 0 spiro atoms. The number of benzene rings is 1. The van der Waals surface area contributed by atoms with Crippen LogP contribution < -0.4 is 5.32 Å². The number of pyridine rings is 1. The minimum absolute atomic E-state index is 0.194. The van der Waals surface area contributed by atoms with Gasteiger partial charge in [0.2, 0.25) is 0 Å². The van der Waals surface area contributed by atoms with E-state index in [4.69, 9.17) is 4.74 Å². The van der Waals surface area contributed by atoms with Crippen LogP contribution in [0.2, 0.25) is 0 Å². The number of morpholine rings is 1. The van der Waals surface area contributed by atoms with Crippen molar-refractivity contribution in [2.45, 2.75) is 6.10 Å². The summed E-state index contributed by atoms with van der Waals surface area (Å²) in [6.45, 7) is 0.899. The molecule has 1 aliphatic rings. The van der Waals surface area contributed by atoms with E-state index < -0.39 is 17.7 Å². The number of nitrogens with one attached hydrogen (secondary N) is 1.